The van der Waals surface area contributed by atoms with Crippen LogP contribution in [0.15, 0.2) is 103 Å². The smallest absolute Gasteiger partial charge is 0.408 e. The SMILES string of the molecule is CC(C)(C)OC(=O)NC(CSCc1ccc(-c2cccc(-c3ccccc3Oc3ccccc3)c2)cc1)C(=O)O. The fraction of sp³-hybridized carbons (Fsp3) is 0.212. The molecule has 4 aromatic rings. The van der Waals surface area contributed by atoms with Gasteiger partial charge in [0.05, 0.1) is 0 Å². The Kier molecular flexibility index (Phi) is 9.51. The van der Waals surface area contributed by atoms with Gasteiger partial charge in [-0.25, -0.2) is 9.59 Å². The summed E-state index contributed by atoms with van der Waals surface area (Å²) in [7, 11) is 0. The van der Waals surface area contributed by atoms with E-state index in [1.54, 1.807) is 20.8 Å². The Morgan fingerprint density at radius 1 is 0.825 bits per heavy atom. The van der Waals surface area contributed by atoms with Crippen molar-refractivity contribution in [2.24, 2.45) is 0 Å². The summed E-state index contributed by atoms with van der Waals surface area (Å²) in [5.74, 6) is 1.32. The number of carboxylic acid groups (broad SMARTS) is 1. The van der Waals surface area contributed by atoms with Crippen LogP contribution in [-0.4, -0.2) is 34.6 Å². The van der Waals surface area contributed by atoms with E-state index in [9.17, 15) is 14.7 Å². The molecule has 6 nitrogen and oxygen atoms in total. The second-order valence-electron chi connectivity index (χ2n) is 10.2. The predicted octanol–water partition coefficient (Wildman–Crippen LogP) is 8.02. The highest BCUT2D eigenvalue weighted by atomic mass is 32.2. The summed E-state index contributed by atoms with van der Waals surface area (Å²) in [6.07, 6.45) is -0.735. The van der Waals surface area contributed by atoms with Crippen molar-refractivity contribution < 1.29 is 24.2 Å². The normalized spacial score (nSPS) is 11.9. The number of para-hydroxylation sites is 2. The number of rotatable bonds is 10. The molecule has 0 aliphatic heterocycles. The first-order valence-electron chi connectivity index (χ1n) is 13.0. The second-order valence-corrected chi connectivity index (χ2v) is 11.3. The number of alkyl carbamates (subject to hydrolysis) is 1. The third-order valence-electron chi connectivity index (χ3n) is 5.86. The van der Waals surface area contributed by atoms with Gasteiger partial charge in [0.1, 0.15) is 23.1 Å². The van der Waals surface area contributed by atoms with Crippen LogP contribution in [0.5, 0.6) is 11.5 Å². The standard InChI is InChI=1S/C33H33NO5S/c1-33(2,3)39-32(37)34-29(31(35)36)22-40-21-23-16-18-24(19-17-23)25-10-9-11-26(20-25)28-14-7-8-15-30(28)38-27-12-5-4-6-13-27/h4-20,29H,21-22H2,1-3H3,(H,34,37)(H,35,36). The molecule has 0 bridgehead atoms. The van der Waals surface area contributed by atoms with Gasteiger partial charge in [-0.1, -0.05) is 78.9 Å². The highest BCUT2D eigenvalue weighted by Crippen LogP contribution is 2.35. The summed E-state index contributed by atoms with van der Waals surface area (Å²) in [6, 6.07) is 33.3. The van der Waals surface area contributed by atoms with Crippen molar-refractivity contribution in [2.45, 2.75) is 38.2 Å². The molecule has 0 aromatic heterocycles. The van der Waals surface area contributed by atoms with Gasteiger partial charge in [0.25, 0.3) is 0 Å². The van der Waals surface area contributed by atoms with Gasteiger partial charge in [0.15, 0.2) is 0 Å². The van der Waals surface area contributed by atoms with E-state index in [1.165, 1.54) is 11.8 Å². The number of nitrogens with one attached hydrogen (secondary N) is 1. The van der Waals surface area contributed by atoms with Crippen molar-refractivity contribution in [3.05, 3.63) is 109 Å². The van der Waals surface area contributed by atoms with Crippen LogP contribution in [0.3, 0.4) is 0 Å². The summed E-state index contributed by atoms with van der Waals surface area (Å²) >= 11 is 1.44. The summed E-state index contributed by atoms with van der Waals surface area (Å²) in [6.45, 7) is 5.20. The molecular formula is C33H33NO5S. The van der Waals surface area contributed by atoms with Gasteiger partial charge < -0.3 is 19.9 Å². The maximum Gasteiger partial charge on any atom is 0.408 e. The Bertz CT molecular complexity index is 1430. The van der Waals surface area contributed by atoms with Crippen LogP contribution in [0.4, 0.5) is 4.79 Å². The Morgan fingerprint density at radius 2 is 1.50 bits per heavy atom. The molecule has 7 heteroatoms. The minimum absolute atomic E-state index is 0.225. The lowest BCUT2D eigenvalue weighted by molar-refractivity contribution is -0.138. The Hall–Kier alpha value is -4.23. The fourth-order valence-corrected chi connectivity index (χ4v) is 5.00. The van der Waals surface area contributed by atoms with E-state index in [0.717, 1.165) is 39.3 Å². The first-order chi connectivity index (χ1) is 19.2. The monoisotopic (exact) mass is 555 g/mol. The van der Waals surface area contributed by atoms with Gasteiger partial charge in [-0.05, 0) is 67.3 Å². The first kappa shape index (κ1) is 28.8. The molecule has 0 spiro atoms. The summed E-state index contributed by atoms with van der Waals surface area (Å²) in [4.78, 5) is 23.6. The number of carbonyl (C=O) groups is 2. The van der Waals surface area contributed by atoms with Crippen molar-refractivity contribution in [1.29, 1.82) is 0 Å². The number of hydrogen-bond donors (Lipinski definition) is 2. The van der Waals surface area contributed by atoms with E-state index in [0.29, 0.717) is 5.75 Å². The molecule has 0 aliphatic rings. The zero-order chi connectivity index (χ0) is 28.5. The molecule has 0 aliphatic carbocycles. The van der Waals surface area contributed by atoms with Gasteiger partial charge in [0.2, 0.25) is 0 Å². The fourth-order valence-electron chi connectivity index (χ4n) is 3.99. The minimum atomic E-state index is -1.09. The first-order valence-corrected chi connectivity index (χ1v) is 14.2. The number of hydrogen-bond acceptors (Lipinski definition) is 5. The van der Waals surface area contributed by atoms with Crippen molar-refractivity contribution >= 4 is 23.8 Å². The molecule has 0 saturated heterocycles. The molecule has 40 heavy (non-hydrogen) atoms. The highest BCUT2D eigenvalue weighted by molar-refractivity contribution is 7.98. The lowest BCUT2D eigenvalue weighted by atomic mass is 9.98. The minimum Gasteiger partial charge on any atom is -0.480 e. The molecule has 1 atom stereocenters. The molecule has 4 rings (SSSR count). The largest absolute Gasteiger partial charge is 0.480 e. The van der Waals surface area contributed by atoms with Crippen molar-refractivity contribution in [3.63, 3.8) is 0 Å². The molecule has 0 radical (unpaired) electrons. The molecular weight excluding hydrogens is 522 g/mol. The highest BCUT2D eigenvalue weighted by Gasteiger charge is 2.23. The van der Waals surface area contributed by atoms with E-state index < -0.39 is 23.7 Å². The van der Waals surface area contributed by atoms with Gasteiger partial charge in [-0.3, -0.25) is 0 Å². The molecule has 1 amide bonds. The van der Waals surface area contributed by atoms with E-state index in [2.05, 4.69) is 41.7 Å². The number of benzene rings is 4. The Labute approximate surface area is 239 Å². The van der Waals surface area contributed by atoms with Gasteiger partial charge in [-0.2, -0.15) is 11.8 Å². The molecule has 0 heterocycles. The average molecular weight is 556 g/mol. The summed E-state index contributed by atoms with van der Waals surface area (Å²) < 4.78 is 11.3. The van der Waals surface area contributed by atoms with Crippen LogP contribution in [0.2, 0.25) is 0 Å². The van der Waals surface area contributed by atoms with Crippen LogP contribution in [-0.2, 0) is 15.3 Å². The number of amides is 1. The van der Waals surface area contributed by atoms with Crippen LogP contribution >= 0.6 is 11.8 Å². The van der Waals surface area contributed by atoms with Gasteiger partial charge in [-0.15, -0.1) is 0 Å². The molecule has 0 fully saturated rings. The molecule has 1 unspecified atom stereocenters. The zero-order valence-corrected chi connectivity index (χ0v) is 23.6. The molecule has 206 valence electrons. The molecule has 4 aromatic carbocycles. The molecule has 0 saturated carbocycles. The predicted molar refractivity (Wildman–Crippen MR) is 161 cm³/mol. The number of aliphatic carboxylic acids is 1. The number of carbonyl (C=O) groups excluding carboxylic acids is 1. The van der Waals surface area contributed by atoms with Crippen molar-refractivity contribution in [2.75, 3.05) is 5.75 Å². The Morgan fingerprint density at radius 3 is 2.20 bits per heavy atom. The van der Waals surface area contributed by atoms with E-state index in [1.807, 2.05) is 66.7 Å². The topological polar surface area (TPSA) is 84.9 Å². The van der Waals surface area contributed by atoms with E-state index >= 15 is 0 Å². The quantitative estimate of drug-likeness (QED) is 0.206. The van der Waals surface area contributed by atoms with Crippen molar-refractivity contribution in [3.8, 4) is 33.8 Å². The van der Waals surface area contributed by atoms with E-state index in [-0.39, 0.29) is 5.75 Å². The van der Waals surface area contributed by atoms with Crippen molar-refractivity contribution in [1.82, 2.24) is 5.32 Å². The van der Waals surface area contributed by atoms with Crippen LogP contribution in [0.1, 0.15) is 26.3 Å². The van der Waals surface area contributed by atoms with E-state index in [4.69, 9.17) is 9.47 Å². The van der Waals surface area contributed by atoms with Gasteiger partial charge in [0, 0.05) is 17.1 Å². The second kappa shape index (κ2) is 13.2. The third-order valence-corrected chi connectivity index (χ3v) is 6.97. The number of ether oxygens (including phenoxy) is 2. The average Bonchev–Trinajstić information content (AvgIpc) is 2.93. The Balaban J connectivity index is 1.40. The van der Waals surface area contributed by atoms with Crippen LogP contribution in [0.25, 0.3) is 22.3 Å². The lowest BCUT2D eigenvalue weighted by Crippen LogP contribution is -2.44. The van der Waals surface area contributed by atoms with Crippen LogP contribution < -0.4 is 10.1 Å². The zero-order valence-electron chi connectivity index (χ0n) is 22.8. The number of thioether (sulfide) groups is 1. The summed E-state index contributed by atoms with van der Waals surface area (Å²) in [5, 5.41) is 11.9. The van der Waals surface area contributed by atoms with Crippen LogP contribution in [0, 0.1) is 0 Å². The molecule has 2 N–H and O–H groups in total. The lowest BCUT2D eigenvalue weighted by Gasteiger charge is -2.21. The maximum atomic E-state index is 12.0. The number of carboxylic acids is 1. The summed E-state index contributed by atoms with van der Waals surface area (Å²) in [5.41, 5.74) is 4.59. The maximum absolute atomic E-state index is 12.0. The third kappa shape index (κ3) is 8.38. The van der Waals surface area contributed by atoms with Gasteiger partial charge >= 0.3 is 12.1 Å².